The van der Waals surface area contributed by atoms with E-state index >= 15 is 0 Å². The summed E-state index contributed by atoms with van der Waals surface area (Å²) in [5.74, 6) is 0. The molecule has 1 heterocycles. The Kier molecular flexibility index (Phi) is 3.99. The van der Waals surface area contributed by atoms with Crippen molar-refractivity contribution < 1.29 is 13.2 Å². The van der Waals surface area contributed by atoms with Crippen LogP contribution in [0.25, 0.3) is 0 Å². The van der Waals surface area contributed by atoms with Crippen LogP contribution in [0.2, 0.25) is 4.34 Å². The summed E-state index contributed by atoms with van der Waals surface area (Å²) >= 11 is 9.60. The Hall–Kier alpha value is -0.310. The third-order valence-corrected chi connectivity index (χ3v) is 5.48. The number of nitrogens with two attached hydrogens (primary N) is 1. The molecule has 0 aliphatic carbocycles. The summed E-state index contributed by atoms with van der Waals surface area (Å²) < 4.78 is 31.6. The maximum Gasteiger partial charge on any atom is 0.297 e. The molecule has 0 aliphatic heterocycles. The molecule has 0 saturated heterocycles. The number of ether oxygens (including phenoxy) is 1. The lowest BCUT2D eigenvalue weighted by Crippen LogP contribution is -2.16. The Labute approximate surface area is 104 Å². The van der Waals surface area contributed by atoms with E-state index < -0.39 is 16.0 Å². The second kappa shape index (κ2) is 4.69. The van der Waals surface area contributed by atoms with Crippen molar-refractivity contribution in [2.45, 2.75) is 4.21 Å². The highest BCUT2D eigenvalue weighted by atomic mass is 79.9. The standard InChI is InChI=1S/C6H6BrClN2O3S2/c1-13-6(9)10-15(11,12)5-3(7)2-4(8)14-5/h2H,1H3,(H2,9,10). The Morgan fingerprint density at radius 2 is 2.33 bits per heavy atom. The van der Waals surface area contributed by atoms with E-state index in [1.807, 2.05) is 0 Å². The second-order valence-corrected chi connectivity index (χ2v) is 6.63. The SMILES string of the molecule is CO/C(N)=N\S(=O)(=O)c1sc(Cl)cc1Br. The third-order valence-electron chi connectivity index (χ3n) is 1.28. The number of methoxy groups -OCH3 is 1. The normalized spacial score (nSPS) is 12.9. The van der Waals surface area contributed by atoms with Gasteiger partial charge in [-0.3, -0.25) is 0 Å². The highest BCUT2D eigenvalue weighted by molar-refractivity contribution is 9.10. The molecule has 0 atom stereocenters. The van der Waals surface area contributed by atoms with Crippen LogP contribution in [-0.2, 0) is 14.8 Å². The van der Waals surface area contributed by atoms with Crippen molar-refractivity contribution in [3.8, 4) is 0 Å². The van der Waals surface area contributed by atoms with Crippen molar-refractivity contribution in [2.75, 3.05) is 7.11 Å². The van der Waals surface area contributed by atoms with Crippen LogP contribution in [-0.4, -0.2) is 21.5 Å². The van der Waals surface area contributed by atoms with Crippen molar-refractivity contribution in [3.63, 3.8) is 0 Å². The monoisotopic (exact) mass is 332 g/mol. The first-order chi connectivity index (χ1) is 6.86. The number of nitrogens with zero attached hydrogens (tertiary/aromatic N) is 1. The first-order valence-electron chi connectivity index (χ1n) is 3.46. The largest absolute Gasteiger partial charge is 0.468 e. The van der Waals surface area contributed by atoms with E-state index in [1.165, 1.54) is 13.2 Å². The van der Waals surface area contributed by atoms with E-state index in [2.05, 4.69) is 25.1 Å². The van der Waals surface area contributed by atoms with E-state index in [1.54, 1.807) is 0 Å². The number of hydrogen-bond donors (Lipinski definition) is 1. The fourth-order valence-corrected chi connectivity index (χ4v) is 4.56. The van der Waals surface area contributed by atoms with Crippen LogP contribution in [0.15, 0.2) is 19.1 Å². The number of rotatable bonds is 2. The molecule has 1 aromatic rings. The van der Waals surface area contributed by atoms with Gasteiger partial charge < -0.3 is 10.5 Å². The van der Waals surface area contributed by atoms with Crippen LogP contribution in [0.4, 0.5) is 0 Å². The third kappa shape index (κ3) is 3.07. The summed E-state index contributed by atoms with van der Waals surface area (Å²) in [5, 5.41) is 0. The quantitative estimate of drug-likeness (QED) is 0.661. The number of sulfonamides is 1. The van der Waals surface area contributed by atoms with Gasteiger partial charge in [-0.15, -0.1) is 15.7 Å². The fourth-order valence-electron chi connectivity index (χ4n) is 0.698. The molecule has 84 valence electrons. The molecule has 1 aromatic heterocycles. The maximum absolute atomic E-state index is 11.6. The molecule has 0 saturated carbocycles. The molecule has 0 spiro atoms. The van der Waals surface area contributed by atoms with Crippen LogP contribution in [0.3, 0.4) is 0 Å². The smallest absolute Gasteiger partial charge is 0.297 e. The van der Waals surface area contributed by atoms with Crippen LogP contribution >= 0.6 is 38.9 Å². The van der Waals surface area contributed by atoms with Gasteiger partial charge in [0.15, 0.2) is 4.21 Å². The van der Waals surface area contributed by atoms with Crippen molar-refractivity contribution in [1.29, 1.82) is 0 Å². The molecule has 5 nitrogen and oxygen atoms in total. The first-order valence-corrected chi connectivity index (χ1v) is 6.89. The molecule has 2 N–H and O–H groups in total. The number of halogens is 2. The minimum Gasteiger partial charge on any atom is -0.468 e. The molecule has 0 amide bonds. The lowest BCUT2D eigenvalue weighted by molar-refractivity contribution is 0.397. The summed E-state index contributed by atoms with van der Waals surface area (Å²) in [5.41, 5.74) is 5.16. The highest BCUT2D eigenvalue weighted by Gasteiger charge is 2.21. The molecular formula is C6H6BrClN2O3S2. The van der Waals surface area contributed by atoms with Gasteiger partial charge in [-0.05, 0) is 22.0 Å². The van der Waals surface area contributed by atoms with Crippen LogP contribution in [0, 0.1) is 0 Å². The van der Waals surface area contributed by atoms with E-state index in [0.717, 1.165) is 11.3 Å². The maximum atomic E-state index is 11.6. The highest BCUT2D eigenvalue weighted by Crippen LogP contribution is 2.35. The Morgan fingerprint density at radius 1 is 1.73 bits per heavy atom. The number of thiophene rings is 1. The lowest BCUT2D eigenvalue weighted by atomic mass is 10.7. The van der Waals surface area contributed by atoms with Gasteiger partial charge in [0, 0.05) is 0 Å². The summed E-state index contributed by atoms with van der Waals surface area (Å²) in [7, 11) is -2.63. The second-order valence-electron chi connectivity index (χ2n) is 2.29. The van der Waals surface area contributed by atoms with Crippen molar-refractivity contribution in [2.24, 2.45) is 10.1 Å². The Balaban J connectivity index is 3.24. The van der Waals surface area contributed by atoms with Gasteiger partial charge >= 0.3 is 0 Å². The van der Waals surface area contributed by atoms with Gasteiger partial charge in [-0.1, -0.05) is 11.6 Å². The van der Waals surface area contributed by atoms with Crippen molar-refractivity contribution in [1.82, 2.24) is 0 Å². The fraction of sp³-hybridized carbons (Fsp3) is 0.167. The summed E-state index contributed by atoms with van der Waals surface area (Å²) in [6.07, 6.45) is 0. The lowest BCUT2D eigenvalue weighted by Gasteiger charge is -1.98. The Bertz CT molecular complexity index is 496. The van der Waals surface area contributed by atoms with E-state index in [4.69, 9.17) is 17.3 Å². The minimum atomic E-state index is -3.86. The average molecular weight is 334 g/mol. The zero-order chi connectivity index (χ0) is 11.6. The molecule has 0 aliphatic rings. The summed E-state index contributed by atoms with van der Waals surface area (Å²) in [6, 6.07) is 1.05. The molecule has 9 heteroatoms. The Morgan fingerprint density at radius 3 is 2.73 bits per heavy atom. The summed E-state index contributed by atoms with van der Waals surface area (Å²) in [4.78, 5) is 0. The first kappa shape index (κ1) is 12.8. The number of hydrogen-bond acceptors (Lipinski definition) is 4. The summed E-state index contributed by atoms with van der Waals surface area (Å²) in [6.45, 7) is 0. The zero-order valence-electron chi connectivity index (χ0n) is 7.40. The minimum absolute atomic E-state index is 0.00694. The van der Waals surface area contributed by atoms with Gasteiger partial charge in [0.2, 0.25) is 0 Å². The van der Waals surface area contributed by atoms with Gasteiger partial charge in [-0.25, -0.2) is 0 Å². The molecule has 0 bridgehead atoms. The van der Waals surface area contributed by atoms with Gasteiger partial charge in [-0.2, -0.15) is 8.42 Å². The predicted molar refractivity (Wildman–Crippen MR) is 62.8 cm³/mol. The van der Waals surface area contributed by atoms with Gasteiger partial charge in [0.05, 0.1) is 15.9 Å². The average Bonchev–Trinajstić information content (AvgIpc) is 2.45. The van der Waals surface area contributed by atoms with Crippen LogP contribution in [0.1, 0.15) is 0 Å². The molecule has 0 fully saturated rings. The van der Waals surface area contributed by atoms with E-state index in [0.29, 0.717) is 8.81 Å². The molecular weight excluding hydrogens is 328 g/mol. The van der Waals surface area contributed by atoms with Crippen molar-refractivity contribution >= 4 is 54.9 Å². The topological polar surface area (TPSA) is 81.8 Å². The molecule has 0 radical (unpaired) electrons. The molecule has 0 unspecified atom stereocenters. The number of amidine groups is 1. The van der Waals surface area contributed by atoms with E-state index in [9.17, 15) is 8.42 Å². The van der Waals surface area contributed by atoms with Crippen LogP contribution < -0.4 is 5.73 Å². The van der Waals surface area contributed by atoms with Crippen molar-refractivity contribution in [3.05, 3.63) is 14.9 Å². The predicted octanol–water partition coefficient (Wildman–Crippen LogP) is 1.81. The van der Waals surface area contributed by atoms with Gasteiger partial charge in [0.25, 0.3) is 16.0 Å². The molecule has 15 heavy (non-hydrogen) atoms. The van der Waals surface area contributed by atoms with E-state index in [-0.39, 0.29) is 4.21 Å². The molecule has 1 rings (SSSR count). The van der Waals surface area contributed by atoms with Gasteiger partial charge in [0.1, 0.15) is 0 Å². The molecule has 0 aromatic carbocycles. The zero-order valence-corrected chi connectivity index (χ0v) is 11.4. The van der Waals surface area contributed by atoms with Crippen LogP contribution in [0.5, 0.6) is 0 Å².